The Labute approximate surface area is 129 Å². The summed E-state index contributed by atoms with van der Waals surface area (Å²) in [6, 6.07) is 13.0. The van der Waals surface area contributed by atoms with E-state index in [1.165, 1.54) is 7.11 Å². The van der Waals surface area contributed by atoms with Crippen LogP contribution in [0, 0.1) is 0 Å². The molecule has 2 aromatic rings. The summed E-state index contributed by atoms with van der Waals surface area (Å²) < 4.78 is 4.83. The number of aromatic hydroxyl groups is 2. The Morgan fingerprint density at radius 3 is 2.00 bits per heavy atom. The van der Waals surface area contributed by atoms with Crippen molar-refractivity contribution in [1.29, 1.82) is 0 Å². The molecule has 5 nitrogen and oxygen atoms in total. The molecule has 3 N–H and O–H groups in total. The Bertz CT molecular complexity index is 608. The number of methoxy groups -OCH3 is 1. The number of carbonyl (C=O) groups excluding carboxylic acids is 1. The van der Waals surface area contributed by atoms with Crippen LogP contribution in [0.5, 0.6) is 11.5 Å². The van der Waals surface area contributed by atoms with E-state index in [1.54, 1.807) is 48.5 Å². The zero-order chi connectivity index (χ0) is 15.9. The van der Waals surface area contributed by atoms with E-state index in [4.69, 9.17) is 4.74 Å². The molecule has 2 rings (SSSR count). The third kappa shape index (κ3) is 4.49. The second-order valence-corrected chi connectivity index (χ2v) is 4.99. The van der Waals surface area contributed by atoms with Crippen molar-refractivity contribution in [3.05, 3.63) is 59.7 Å². The van der Waals surface area contributed by atoms with Gasteiger partial charge in [0.05, 0.1) is 7.11 Å². The summed E-state index contributed by atoms with van der Waals surface area (Å²) in [5.74, 6) is 0.0552. The van der Waals surface area contributed by atoms with Gasteiger partial charge >= 0.3 is 5.97 Å². The topological polar surface area (TPSA) is 78.8 Å². The van der Waals surface area contributed by atoms with Crippen LogP contribution in [0.3, 0.4) is 0 Å². The van der Waals surface area contributed by atoms with Crippen molar-refractivity contribution in [2.24, 2.45) is 0 Å². The van der Waals surface area contributed by atoms with Crippen LogP contribution >= 0.6 is 0 Å². The largest absolute Gasteiger partial charge is 0.508 e. The number of hydrogen-bond donors (Lipinski definition) is 3. The van der Waals surface area contributed by atoms with Crippen molar-refractivity contribution in [1.82, 2.24) is 5.32 Å². The normalized spacial score (nSPS) is 11.9. The van der Waals surface area contributed by atoms with Gasteiger partial charge in [-0.05, 0) is 41.8 Å². The average molecular weight is 301 g/mol. The molecule has 2 aromatic carbocycles. The quantitative estimate of drug-likeness (QED) is 0.711. The third-order valence-corrected chi connectivity index (χ3v) is 3.35. The molecule has 0 aliphatic carbocycles. The van der Waals surface area contributed by atoms with Gasteiger partial charge in [0, 0.05) is 6.54 Å². The molecule has 0 saturated heterocycles. The number of benzene rings is 2. The van der Waals surface area contributed by atoms with E-state index in [9.17, 15) is 15.0 Å². The van der Waals surface area contributed by atoms with Gasteiger partial charge in [-0.2, -0.15) is 0 Å². The maximum absolute atomic E-state index is 11.9. The van der Waals surface area contributed by atoms with E-state index < -0.39 is 6.04 Å². The lowest BCUT2D eigenvalue weighted by atomic mass is 10.1. The zero-order valence-corrected chi connectivity index (χ0v) is 12.3. The number of ether oxygens (including phenoxy) is 1. The van der Waals surface area contributed by atoms with Gasteiger partial charge in [0.1, 0.15) is 17.5 Å². The minimum atomic E-state index is -0.483. The van der Waals surface area contributed by atoms with Crippen LogP contribution < -0.4 is 5.32 Å². The van der Waals surface area contributed by atoms with Crippen LogP contribution in [0.15, 0.2) is 48.5 Å². The smallest absolute Gasteiger partial charge is 0.323 e. The molecule has 116 valence electrons. The Morgan fingerprint density at radius 1 is 1.00 bits per heavy atom. The first kappa shape index (κ1) is 15.9. The number of esters is 1. The first-order valence-corrected chi connectivity index (χ1v) is 6.95. The van der Waals surface area contributed by atoms with Crippen LogP contribution in [-0.4, -0.2) is 29.3 Å². The van der Waals surface area contributed by atoms with Crippen molar-refractivity contribution in [2.45, 2.75) is 19.0 Å². The number of hydrogen-bond acceptors (Lipinski definition) is 5. The molecule has 0 unspecified atom stereocenters. The second kappa shape index (κ2) is 7.47. The highest BCUT2D eigenvalue weighted by molar-refractivity contribution is 5.76. The van der Waals surface area contributed by atoms with Gasteiger partial charge in [-0.1, -0.05) is 24.3 Å². The van der Waals surface area contributed by atoms with E-state index >= 15 is 0 Å². The average Bonchev–Trinajstić information content (AvgIpc) is 2.54. The Kier molecular flexibility index (Phi) is 5.38. The van der Waals surface area contributed by atoms with Crippen molar-refractivity contribution >= 4 is 5.97 Å². The van der Waals surface area contributed by atoms with Crippen molar-refractivity contribution < 1.29 is 19.7 Å². The molecule has 0 bridgehead atoms. The molecule has 5 heteroatoms. The second-order valence-electron chi connectivity index (χ2n) is 4.99. The molecule has 22 heavy (non-hydrogen) atoms. The molecular weight excluding hydrogens is 282 g/mol. The van der Waals surface area contributed by atoms with Crippen molar-refractivity contribution in [3.8, 4) is 11.5 Å². The van der Waals surface area contributed by atoms with Gasteiger partial charge in [-0.25, -0.2) is 0 Å². The highest BCUT2D eigenvalue weighted by atomic mass is 16.5. The summed E-state index contributed by atoms with van der Waals surface area (Å²) in [4.78, 5) is 11.9. The number of phenolic OH excluding ortho intramolecular Hbond substituents is 2. The zero-order valence-electron chi connectivity index (χ0n) is 12.3. The van der Waals surface area contributed by atoms with Crippen LogP contribution in [0.25, 0.3) is 0 Å². The number of rotatable bonds is 6. The van der Waals surface area contributed by atoms with Gasteiger partial charge < -0.3 is 20.3 Å². The van der Waals surface area contributed by atoms with Gasteiger partial charge in [-0.3, -0.25) is 4.79 Å². The fourth-order valence-corrected chi connectivity index (χ4v) is 2.10. The maximum atomic E-state index is 11.9. The van der Waals surface area contributed by atoms with Crippen LogP contribution in [0.1, 0.15) is 11.1 Å². The van der Waals surface area contributed by atoms with Crippen molar-refractivity contribution in [2.75, 3.05) is 7.11 Å². The monoisotopic (exact) mass is 301 g/mol. The standard InChI is InChI=1S/C17H19NO4/c1-22-17(21)16(10-12-2-6-14(19)7-3-12)18-11-13-4-8-15(20)9-5-13/h2-9,16,18-20H,10-11H2,1H3/t16-/m0/s1. The summed E-state index contributed by atoms with van der Waals surface area (Å²) in [5, 5.41) is 21.7. The summed E-state index contributed by atoms with van der Waals surface area (Å²) in [6.45, 7) is 0.484. The fraction of sp³-hybridized carbons (Fsp3) is 0.235. The highest BCUT2D eigenvalue weighted by Gasteiger charge is 2.19. The fourth-order valence-electron chi connectivity index (χ4n) is 2.10. The minimum absolute atomic E-state index is 0.190. The Balaban J connectivity index is 2.01. The lowest BCUT2D eigenvalue weighted by Gasteiger charge is -2.16. The molecular formula is C17H19NO4. The first-order valence-electron chi connectivity index (χ1n) is 6.95. The summed E-state index contributed by atoms with van der Waals surface area (Å²) in [7, 11) is 1.36. The van der Waals surface area contributed by atoms with Gasteiger partial charge in [0.25, 0.3) is 0 Å². The molecule has 0 fully saturated rings. The SMILES string of the molecule is COC(=O)[C@H](Cc1ccc(O)cc1)NCc1ccc(O)cc1. The van der Waals surface area contributed by atoms with E-state index in [2.05, 4.69) is 5.32 Å². The molecule has 0 aliphatic heterocycles. The van der Waals surface area contributed by atoms with Gasteiger partial charge in [0.2, 0.25) is 0 Å². The van der Waals surface area contributed by atoms with Crippen LogP contribution in [-0.2, 0) is 22.5 Å². The minimum Gasteiger partial charge on any atom is -0.508 e. The molecule has 0 saturated carbocycles. The van der Waals surface area contributed by atoms with E-state index in [-0.39, 0.29) is 17.5 Å². The molecule has 1 atom stereocenters. The Morgan fingerprint density at radius 2 is 1.50 bits per heavy atom. The molecule has 0 radical (unpaired) electrons. The van der Waals surface area contributed by atoms with E-state index in [1.807, 2.05) is 0 Å². The molecule has 0 heterocycles. The molecule has 0 amide bonds. The predicted octanol–water partition coefficient (Wildman–Crippen LogP) is 1.97. The van der Waals surface area contributed by atoms with E-state index in [0.717, 1.165) is 11.1 Å². The number of phenols is 2. The van der Waals surface area contributed by atoms with Crippen LogP contribution in [0.2, 0.25) is 0 Å². The lowest BCUT2D eigenvalue weighted by molar-refractivity contribution is -0.143. The molecule has 0 aromatic heterocycles. The number of carbonyl (C=O) groups is 1. The highest BCUT2D eigenvalue weighted by Crippen LogP contribution is 2.13. The lowest BCUT2D eigenvalue weighted by Crippen LogP contribution is -2.39. The van der Waals surface area contributed by atoms with E-state index in [0.29, 0.717) is 13.0 Å². The van der Waals surface area contributed by atoms with Gasteiger partial charge in [0.15, 0.2) is 0 Å². The number of nitrogens with one attached hydrogen (secondary N) is 1. The summed E-state index contributed by atoms with van der Waals surface area (Å²) in [6.07, 6.45) is 0.463. The first-order chi connectivity index (χ1) is 10.6. The summed E-state index contributed by atoms with van der Waals surface area (Å²) >= 11 is 0. The predicted molar refractivity (Wildman–Crippen MR) is 82.6 cm³/mol. The third-order valence-electron chi connectivity index (χ3n) is 3.35. The van der Waals surface area contributed by atoms with Gasteiger partial charge in [-0.15, -0.1) is 0 Å². The summed E-state index contributed by atoms with van der Waals surface area (Å²) in [5.41, 5.74) is 1.88. The Hall–Kier alpha value is -2.53. The molecule has 0 spiro atoms. The van der Waals surface area contributed by atoms with Crippen LogP contribution in [0.4, 0.5) is 0 Å². The van der Waals surface area contributed by atoms with Crippen molar-refractivity contribution in [3.63, 3.8) is 0 Å². The maximum Gasteiger partial charge on any atom is 0.323 e. The molecule has 0 aliphatic rings.